The van der Waals surface area contributed by atoms with Gasteiger partial charge in [-0.2, -0.15) is 0 Å². The second kappa shape index (κ2) is 14.9. The molecule has 1 unspecified atom stereocenters. The van der Waals surface area contributed by atoms with Crippen molar-refractivity contribution in [3.05, 3.63) is 0 Å². The molecule has 1 heterocycles. The summed E-state index contributed by atoms with van der Waals surface area (Å²) < 4.78 is 27.1. The van der Waals surface area contributed by atoms with Gasteiger partial charge in [-0.3, -0.25) is 0 Å². The molecule has 0 N–H and O–H groups in total. The lowest BCUT2D eigenvalue weighted by atomic mass is 10.5. The second-order valence-electron chi connectivity index (χ2n) is 3.63. The predicted molar refractivity (Wildman–Crippen MR) is 74.0 cm³/mol. The molecule has 1 atom stereocenters. The second-order valence-corrected chi connectivity index (χ2v) is 3.63. The minimum absolute atomic E-state index is 0.0370. The molecule has 126 valence electrons. The van der Waals surface area contributed by atoms with Gasteiger partial charge < -0.3 is 28.4 Å². The average Bonchev–Trinajstić information content (AvgIpc) is 2.83. The van der Waals surface area contributed by atoms with Gasteiger partial charge in [0, 0.05) is 13.2 Å². The van der Waals surface area contributed by atoms with Crippen molar-refractivity contribution in [2.24, 2.45) is 0 Å². The van der Waals surface area contributed by atoms with Crippen molar-refractivity contribution in [1.29, 1.82) is 0 Å². The molecule has 1 aliphatic rings. The van der Waals surface area contributed by atoms with Crippen molar-refractivity contribution < 1.29 is 38.0 Å². The van der Waals surface area contributed by atoms with Crippen molar-refractivity contribution in [3.8, 4) is 0 Å². The number of rotatable bonds is 4. The smallest absolute Gasteiger partial charge is 0.438 e. The first kappa shape index (κ1) is 21.8. The first-order chi connectivity index (χ1) is 9.90. The van der Waals surface area contributed by atoms with Gasteiger partial charge in [0.15, 0.2) is 6.29 Å². The van der Waals surface area contributed by atoms with Crippen LogP contribution in [0.15, 0.2) is 0 Å². The first-order valence-corrected chi connectivity index (χ1v) is 6.59. The van der Waals surface area contributed by atoms with Crippen LogP contribution in [-0.2, 0) is 28.4 Å². The molecule has 21 heavy (non-hydrogen) atoms. The van der Waals surface area contributed by atoms with Crippen molar-refractivity contribution in [2.75, 3.05) is 34.0 Å². The predicted octanol–water partition coefficient (Wildman–Crippen LogP) is 2.35. The highest BCUT2D eigenvalue weighted by Crippen LogP contribution is 2.02. The third-order valence-corrected chi connectivity index (χ3v) is 1.87. The normalized spacial score (nSPS) is 15.8. The van der Waals surface area contributed by atoms with Crippen LogP contribution in [-0.4, -0.2) is 58.7 Å². The summed E-state index contributed by atoms with van der Waals surface area (Å²) in [5.74, 6) is 0. The van der Waals surface area contributed by atoms with Crippen LogP contribution in [0.25, 0.3) is 0 Å². The zero-order valence-corrected chi connectivity index (χ0v) is 13.5. The number of hydrogen-bond acceptors (Lipinski definition) is 8. The molecule has 0 radical (unpaired) electrons. The van der Waals surface area contributed by atoms with Gasteiger partial charge in [0.05, 0.1) is 14.2 Å². The lowest BCUT2D eigenvalue weighted by molar-refractivity contribution is -0.123. The molecule has 1 aliphatic heterocycles. The number of carbonyl (C=O) groups excluding carboxylic acids is 2. The molecule has 1 saturated heterocycles. The van der Waals surface area contributed by atoms with Gasteiger partial charge in [0.25, 0.3) is 0 Å². The molecule has 0 bridgehead atoms. The summed E-state index contributed by atoms with van der Waals surface area (Å²) in [4.78, 5) is 19.7. The van der Waals surface area contributed by atoms with Crippen LogP contribution in [0.1, 0.15) is 27.7 Å². The van der Waals surface area contributed by atoms with Crippen LogP contribution < -0.4 is 0 Å². The Hall–Kier alpha value is -1.54. The molecule has 8 heteroatoms. The molecule has 1 rings (SSSR count). The number of hydrogen-bond donors (Lipinski definition) is 0. The van der Waals surface area contributed by atoms with E-state index in [9.17, 15) is 9.59 Å². The molecule has 0 aliphatic carbocycles. The highest BCUT2D eigenvalue weighted by Gasteiger charge is 2.19. The monoisotopic (exact) mass is 310 g/mol. The fourth-order valence-electron chi connectivity index (χ4n) is 1.02. The molecular weight excluding hydrogens is 284 g/mol. The Bertz CT molecular complexity index is 257. The highest BCUT2D eigenvalue weighted by molar-refractivity contribution is 5.61. The molecule has 0 spiro atoms. The Morgan fingerprint density at radius 3 is 1.86 bits per heavy atom. The van der Waals surface area contributed by atoms with Crippen LogP contribution in [0.2, 0.25) is 0 Å². The number of carbonyl (C=O) groups is 2. The molecule has 0 aromatic carbocycles. The molecule has 1 fully saturated rings. The van der Waals surface area contributed by atoms with Crippen molar-refractivity contribution >= 4 is 12.3 Å². The third-order valence-electron chi connectivity index (χ3n) is 1.87. The Morgan fingerprint density at radius 1 is 1.24 bits per heavy atom. The van der Waals surface area contributed by atoms with Gasteiger partial charge in [-0.05, 0) is 27.7 Å². The Morgan fingerprint density at radius 2 is 1.71 bits per heavy atom. The van der Waals surface area contributed by atoms with Crippen LogP contribution in [0.3, 0.4) is 0 Å². The fourth-order valence-corrected chi connectivity index (χ4v) is 1.02. The maximum absolute atomic E-state index is 10.0. The molecule has 0 aromatic rings. The number of ether oxygens (including phenoxy) is 6. The Labute approximate surface area is 125 Å². The summed E-state index contributed by atoms with van der Waals surface area (Å²) >= 11 is 0. The summed E-state index contributed by atoms with van der Waals surface area (Å²) in [6, 6.07) is 0. The standard InChI is InChI=1S/C6H14O2.C4H6O3.C3H6O3/c1-4-7-6(3)8-5-2;1-3-2-6-4(5)7-3;1-5-3(4)6-2/h6H,4-5H2,1-3H3;3H,2H2,1H3;1-2H3. The van der Waals surface area contributed by atoms with E-state index < -0.39 is 12.3 Å². The lowest BCUT2D eigenvalue weighted by Crippen LogP contribution is -2.11. The van der Waals surface area contributed by atoms with Crippen LogP contribution >= 0.6 is 0 Å². The van der Waals surface area contributed by atoms with E-state index in [1.165, 1.54) is 14.2 Å². The topological polar surface area (TPSA) is 89.5 Å². The SMILES string of the molecule is CC1COC(=O)O1.CCOC(C)OCC.COC(=O)OC. The quantitative estimate of drug-likeness (QED) is 0.577. The van der Waals surface area contributed by atoms with Gasteiger partial charge in [-0.25, -0.2) is 9.59 Å². The van der Waals surface area contributed by atoms with Crippen LogP contribution in [0.5, 0.6) is 0 Å². The molecule has 0 saturated carbocycles. The van der Waals surface area contributed by atoms with Crippen molar-refractivity contribution in [3.63, 3.8) is 0 Å². The zero-order valence-electron chi connectivity index (χ0n) is 13.5. The van der Waals surface area contributed by atoms with Gasteiger partial charge in [0.2, 0.25) is 0 Å². The van der Waals surface area contributed by atoms with E-state index in [0.717, 1.165) is 13.2 Å². The number of cyclic esters (lactones) is 2. The molecular formula is C13H26O8. The lowest BCUT2D eigenvalue weighted by Gasteiger charge is -2.09. The summed E-state index contributed by atoms with van der Waals surface area (Å²) in [7, 11) is 2.51. The fraction of sp³-hybridized carbons (Fsp3) is 0.846. The van der Waals surface area contributed by atoms with E-state index in [0.29, 0.717) is 6.61 Å². The maximum atomic E-state index is 10.0. The Balaban J connectivity index is 0. The minimum Gasteiger partial charge on any atom is -0.438 e. The van der Waals surface area contributed by atoms with Crippen LogP contribution in [0.4, 0.5) is 9.59 Å². The van der Waals surface area contributed by atoms with Gasteiger partial charge >= 0.3 is 12.3 Å². The molecule has 0 amide bonds. The summed E-state index contributed by atoms with van der Waals surface area (Å²) in [6.45, 7) is 9.43. The Kier molecular flexibility index (Phi) is 15.4. The highest BCUT2D eigenvalue weighted by atomic mass is 16.8. The van der Waals surface area contributed by atoms with E-state index in [4.69, 9.17) is 9.47 Å². The minimum atomic E-state index is -0.657. The number of methoxy groups -OCH3 is 2. The van der Waals surface area contributed by atoms with E-state index in [1.54, 1.807) is 6.92 Å². The molecule has 8 nitrogen and oxygen atoms in total. The van der Waals surface area contributed by atoms with Crippen LogP contribution in [0, 0.1) is 0 Å². The largest absolute Gasteiger partial charge is 0.508 e. The van der Waals surface area contributed by atoms with Gasteiger partial charge in [-0.1, -0.05) is 0 Å². The third kappa shape index (κ3) is 16.4. The maximum Gasteiger partial charge on any atom is 0.508 e. The van der Waals surface area contributed by atoms with Gasteiger partial charge in [-0.15, -0.1) is 0 Å². The van der Waals surface area contributed by atoms with Gasteiger partial charge in [0.1, 0.15) is 12.7 Å². The summed E-state index contributed by atoms with van der Waals surface area (Å²) in [6.07, 6.45) is -1.29. The first-order valence-electron chi connectivity index (χ1n) is 6.59. The molecule has 0 aromatic heterocycles. The van der Waals surface area contributed by atoms with Crippen molar-refractivity contribution in [1.82, 2.24) is 0 Å². The van der Waals surface area contributed by atoms with E-state index in [-0.39, 0.29) is 12.4 Å². The van der Waals surface area contributed by atoms with E-state index in [2.05, 4.69) is 18.9 Å². The van der Waals surface area contributed by atoms with E-state index >= 15 is 0 Å². The summed E-state index contributed by atoms with van der Waals surface area (Å²) in [5.41, 5.74) is 0. The van der Waals surface area contributed by atoms with Crippen molar-refractivity contribution in [2.45, 2.75) is 40.1 Å². The zero-order chi connectivity index (χ0) is 16.7. The summed E-state index contributed by atoms with van der Waals surface area (Å²) in [5, 5.41) is 0. The van der Waals surface area contributed by atoms with E-state index in [1.807, 2.05) is 20.8 Å². The average molecular weight is 310 g/mol.